The van der Waals surface area contributed by atoms with E-state index >= 15 is 0 Å². The van der Waals surface area contributed by atoms with Crippen LogP contribution in [0.2, 0.25) is 0 Å². The van der Waals surface area contributed by atoms with Gasteiger partial charge in [0, 0.05) is 33.2 Å². The minimum Gasteiger partial charge on any atom is -0.462 e. The van der Waals surface area contributed by atoms with E-state index in [1.807, 2.05) is 13.0 Å². The average Bonchev–Trinajstić information content (AvgIpc) is 3.27. The molecule has 0 bridgehead atoms. The number of aryl methyl sites for hydroxylation is 1. The fourth-order valence-electron chi connectivity index (χ4n) is 4.72. The lowest BCUT2D eigenvalue weighted by molar-refractivity contribution is -0.384. The number of benzene rings is 2. The molecule has 0 saturated carbocycles. The molecule has 1 aromatic heterocycles. The maximum atomic E-state index is 13.5. The summed E-state index contributed by atoms with van der Waals surface area (Å²) >= 11 is 2.84. The molecule has 4 rings (SSSR count). The second-order valence-electron chi connectivity index (χ2n) is 9.64. The number of rotatable bonds is 10. The Kier molecular flexibility index (Phi) is 10.5. The van der Waals surface area contributed by atoms with Gasteiger partial charge in [0.15, 0.2) is 0 Å². The van der Waals surface area contributed by atoms with Crippen LogP contribution in [0.1, 0.15) is 77.1 Å². The molecule has 0 aliphatic heterocycles. The predicted octanol–water partition coefficient (Wildman–Crippen LogP) is 7.25. The van der Waals surface area contributed by atoms with Crippen molar-refractivity contribution < 1.29 is 24.0 Å². The van der Waals surface area contributed by atoms with Gasteiger partial charge < -0.3 is 15.4 Å². The average molecular weight is 596 g/mol. The fraction of sp³-hybridized carbons (Fsp3) is 0.367. The molecule has 41 heavy (non-hydrogen) atoms. The Bertz CT molecular complexity index is 1440. The molecule has 0 radical (unpaired) electrons. The summed E-state index contributed by atoms with van der Waals surface area (Å²) in [6.07, 6.45) is 6.58. The van der Waals surface area contributed by atoms with Gasteiger partial charge in [0.05, 0.1) is 22.3 Å². The quantitative estimate of drug-likeness (QED) is 0.109. The van der Waals surface area contributed by atoms with Gasteiger partial charge in [-0.05, 0) is 68.9 Å². The molecule has 9 nitrogen and oxygen atoms in total. The second kappa shape index (κ2) is 14.3. The fourth-order valence-corrected chi connectivity index (χ4v) is 7.01. The van der Waals surface area contributed by atoms with Gasteiger partial charge in [-0.25, -0.2) is 4.79 Å². The standard InChI is InChI=1S/C30H33N3O6S2/c1-3-24(28(35)32-29-26(30(36)39-4-2)23-15-7-5-6-8-16-25(23)41-29)40-22-14-10-12-20(18-22)31-27(34)19-11-9-13-21(17-19)33(37)38/h9-14,17-18,24H,3-8,15-16H2,1-2H3,(H,31,34)(H,32,35). The van der Waals surface area contributed by atoms with Gasteiger partial charge in [-0.15, -0.1) is 23.1 Å². The van der Waals surface area contributed by atoms with E-state index < -0.39 is 22.0 Å². The molecule has 11 heteroatoms. The number of carbonyl (C=O) groups excluding carboxylic acids is 3. The highest BCUT2D eigenvalue weighted by atomic mass is 32.2. The summed E-state index contributed by atoms with van der Waals surface area (Å²) in [5, 5.41) is 17.0. The first-order valence-electron chi connectivity index (χ1n) is 13.8. The van der Waals surface area contributed by atoms with Crippen molar-refractivity contribution in [2.75, 3.05) is 17.2 Å². The predicted molar refractivity (Wildman–Crippen MR) is 162 cm³/mol. The molecule has 3 aromatic rings. The van der Waals surface area contributed by atoms with Crippen LogP contribution in [-0.2, 0) is 22.4 Å². The third-order valence-electron chi connectivity index (χ3n) is 6.74. The molecule has 2 N–H and O–H groups in total. The van der Waals surface area contributed by atoms with Gasteiger partial charge in [0.25, 0.3) is 11.6 Å². The zero-order valence-corrected chi connectivity index (χ0v) is 24.7. The minimum absolute atomic E-state index is 0.164. The van der Waals surface area contributed by atoms with Crippen LogP contribution in [0.3, 0.4) is 0 Å². The van der Waals surface area contributed by atoms with Crippen LogP contribution >= 0.6 is 23.1 Å². The number of nitro benzene ring substituents is 1. The Morgan fingerprint density at radius 1 is 1.02 bits per heavy atom. The van der Waals surface area contributed by atoms with Crippen LogP contribution in [0, 0.1) is 10.1 Å². The van der Waals surface area contributed by atoms with Crippen LogP contribution < -0.4 is 10.6 Å². The van der Waals surface area contributed by atoms with Crippen molar-refractivity contribution in [1.29, 1.82) is 0 Å². The van der Waals surface area contributed by atoms with Crippen LogP contribution in [-0.4, -0.2) is 34.6 Å². The number of nitro groups is 1. The monoisotopic (exact) mass is 595 g/mol. The van der Waals surface area contributed by atoms with Crippen molar-refractivity contribution in [1.82, 2.24) is 0 Å². The van der Waals surface area contributed by atoms with E-state index in [2.05, 4.69) is 10.6 Å². The molecule has 0 fully saturated rings. The highest BCUT2D eigenvalue weighted by Gasteiger charge is 2.28. The summed E-state index contributed by atoms with van der Waals surface area (Å²) in [6.45, 7) is 3.96. The molecule has 1 aliphatic rings. The van der Waals surface area contributed by atoms with E-state index in [9.17, 15) is 24.5 Å². The van der Waals surface area contributed by atoms with Gasteiger partial charge >= 0.3 is 5.97 Å². The number of carbonyl (C=O) groups is 3. The van der Waals surface area contributed by atoms with Gasteiger partial charge in [-0.3, -0.25) is 19.7 Å². The number of hydrogen-bond acceptors (Lipinski definition) is 8. The molecule has 0 spiro atoms. The molecule has 2 amide bonds. The van der Waals surface area contributed by atoms with Crippen LogP contribution in [0.4, 0.5) is 16.4 Å². The first kappa shape index (κ1) is 30.3. The maximum Gasteiger partial charge on any atom is 0.341 e. The minimum atomic E-state index is -0.548. The summed E-state index contributed by atoms with van der Waals surface area (Å²) in [5.74, 6) is -1.07. The van der Waals surface area contributed by atoms with E-state index in [0.717, 1.165) is 53.9 Å². The highest BCUT2D eigenvalue weighted by molar-refractivity contribution is 8.00. The van der Waals surface area contributed by atoms with Crippen molar-refractivity contribution in [2.24, 2.45) is 0 Å². The van der Waals surface area contributed by atoms with E-state index in [4.69, 9.17) is 4.74 Å². The van der Waals surface area contributed by atoms with Crippen molar-refractivity contribution in [3.05, 3.63) is 80.2 Å². The molecular formula is C30H33N3O6S2. The van der Waals surface area contributed by atoms with Gasteiger partial charge in [0.2, 0.25) is 5.91 Å². The SMILES string of the molecule is CCOC(=O)c1c(NC(=O)C(CC)Sc2cccc(NC(=O)c3cccc([N+](=O)[O-])c3)c2)sc2c1CCCCCC2. The lowest BCUT2D eigenvalue weighted by atomic mass is 9.96. The van der Waals surface area contributed by atoms with Crippen molar-refractivity contribution in [3.8, 4) is 0 Å². The smallest absolute Gasteiger partial charge is 0.341 e. The molecule has 216 valence electrons. The molecule has 0 saturated heterocycles. The molecule has 1 unspecified atom stereocenters. The third kappa shape index (κ3) is 7.74. The van der Waals surface area contributed by atoms with Crippen molar-refractivity contribution in [3.63, 3.8) is 0 Å². The van der Waals surface area contributed by atoms with Crippen molar-refractivity contribution >= 4 is 57.3 Å². The van der Waals surface area contributed by atoms with Crippen LogP contribution in [0.5, 0.6) is 0 Å². The third-order valence-corrected chi connectivity index (χ3v) is 9.31. The summed E-state index contributed by atoms with van der Waals surface area (Å²) in [6, 6.07) is 12.6. The first-order chi connectivity index (χ1) is 19.8. The summed E-state index contributed by atoms with van der Waals surface area (Å²) in [7, 11) is 0. The number of anilines is 2. The summed E-state index contributed by atoms with van der Waals surface area (Å²) in [4.78, 5) is 51.5. The summed E-state index contributed by atoms with van der Waals surface area (Å²) < 4.78 is 5.37. The normalized spacial score (nSPS) is 13.7. The van der Waals surface area contributed by atoms with Gasteiger partial charge in [-0.1, -0.05) is 31.9 Å². The number of thiophene rings is 1. The first-order valence-corrected chi connectivity index (χ1v) is 15.4. The van der Waals surface area contributed by atoms with Crippen LogP contribution in [0.25, 0.3) is 0 Å². The highest BCUT2D eigenvalue weighted by Crippen LogP contribution is 2.38. The number of hydrogen-bond donors (Lipinski definition) is 2. The zero-order valence-electron chi connectivity index (χ0n) is 23.1. The number of amides is 2. The number of non-ortho nitro benzene ring substituents is 1. The Hall–Kier alpha value is -3.70. The molecule has 1 aliphatic carbocycles. The number of thioether (sulfide) groups is 1. The number of nitrogens with one attached hydrogen (secondary N) is 2. The van der Waals surface area contributed by atoms with E-state index in [1.165, 1.54) is 47.4 Å². The van der Waals surface area contributed by atoms with Gasteiger partial charge in [0.1, 0.15) is 5.00 Å². The Balaban J connectivity index is 1.49. The lowest BCUT2D eigenvalue weighted by Gasteiger charge is -2.16. The Morgan fingerprint density at radius 3 is 2.51 bits per heavy atom. The number of ether oxygens (including phenoxy) is 1. The van der Waals surface area contributed by atoms with E-state index in [0.29, 0.717) is 22.7 Å². The maximum absolute atomic E-state index is 13.5. The molecular weight excluding hydrogens is 562 g/mol. The summed E-state index contributed by atoms with van der Waals surface area (Å²) in [5.41, 5.74) is 2.02. The lowest BCUT2D eigenvalue weighted by Crippen LogP contribution is -2.25. The van der Waals surface area contributed by atoms with E-state index in [1.54, 1.807) is 25.1 Å². The molecule has 2 aromatic carbocycles. The second-order valence-corrected chi connectivity index (χ2v) is 12.0. The van der Waals surface area contributed by atoms with Crippen molar-refractivity contribution in [2.45, 2.75) is 68.9 Å². The topological polar surface area (TPSA) is 128 Å². The molecule has 1 heterocycles. The van der Waals surface area contributed by atoms with Crippen LogP contribution in [0.15, 0.2) is 53.4 Å². The Morgan fingerprint density at radius 2 is 1.78 bits per heavy atom. The Labute approximate surface area is 247 Å². The van der Waals surface area contributed by atoms with Gasteiger partial charge in [-0.2, -0.15) is 0 Å². The zero-order chi connectivity index (χ0) is 29.4. The van der Waals surface area contributed by atoms with E-state index in [-0.39, 0.29) is 23.8 Å². The molecule has 1 atom stereocenters. The largest absolute Gasteiger partial charge is 0.462 e. The number of nitrogens with zero attached hydrogens (tertiary/aromatic N) is 1. The number of esters is 1. The number of fused-ring (bicyclic) bond motifs is 1.